The van der Waals surface area contributed by atoms with Gasteiger partial charge in [-0.25, -0.2) is 9.67 Å². The topological polar surface area (TPSA) is 42.7 Å². The van der Waals surface area contributed by atoms with E-state index in [2.05, 4.69) is 29.2 Å². The van der Waals surface area contributed by atoms with Crippen LogP contribution < -0.4 is 5.32 Å². The fraction of sp³-hybridized carbons (Fsp3) is 0.833. The Morgan fingerprint density at radius 3 is 2.50 bits per heavy atom. The number of hydrogen-bond acceptors (Lipinski definition) is 3. The summed E-state index contributed by atoms with van der Waals surface area (Å²) >= 11 is 0. The lowest BCUT2D eigenvalue weighted by molar-refractivity contribution is 0.396. The number of hydrogen-bond donors (Lipinski definition) is 1. The predicted octanol–water partition coefficient (Wildman–Crippen LogP) is 2.06. The maximum Gasteiger partial charge on any atom is 0.147 e. The number of aromatic nitrogens is 3. The minimum absolute atomic E-state index is 0.518. The maximum absolute atomic E-state index is 4.41. The maximum atomic E-state index is 4.41. The van der Waals surface area contributed by atoms with E-state index in [4.69, 9.17) is 0 Å². The van der Waals surface area contributed by atoms with Gasteiger partial charge < -0.3 is 5.32 Å². The fourth-order valence-electron chi connectivity index (χ4n) is 1.90. The Labute approximate surface area is 98.5 Å². The Hall–Kier alpha value is -0.900. The Morgan fingerprint density at radius 2 is 2.00 bits per heavy atom. The molecule has 0 radical (unpaired) electrons. The van der Waals surface area contributed by atoms with Gasteiger partial charge in [0.1, 0.15) is 11.6 Å². The lowest BCUT2D eigenvalue weighted by Crippen LogP contribution is -2.34. The van der Waals surface area contributed by atoms with E-state index in [1.165, 1.54) is 19.3 Å². The zero-order valence-electron chi connectivity index (χ0n) is 11.0. The van der Waals surface area contributed by atoms with E-state index >= 15 is 0 Å². The highest BCUT2D eigenvalue weighted by molar-refractivity contribution is 4.88. The van der Waals surface area contributed by atoms with E-state index in [1.807, 2.05) is 18.5 Å². The van der Waals surface area contributed by atoms with Crippen molar-refractivity contribution in [1.82, 2.24) is 20.1 Å². The van der Waals surface area contributed by atoms with Gasteiger partial charge in [-0.1, -0.05) is 20.3 Å². The molecule has 1 aromatic rings. The van der Waals surface area contributed by atoms with Gasteiger partial charge in [-0.2, -0.15) is 5.10 Å². The molecule has 0 saturated carbocycles. The minimum Gasteiger partial charge on any atom is -0.312 e. The van der Waals surface area contributed by atoms with Crippen LogP contribution in [-0.2, 0) is 6.54 Å². The summed E-state index contributed by atoms with van der Waals surface area (Å²) in [6.45, 7) is 10.4. The van der Waals surface area contributed by atoms with E-state index in [-0.39, 0.29) is 0 Å². The smallest absolute Gasteiger partial charge is 0.147 e. The van der Waals surface area contributed by atoms with Crippen LogP contribution >= 0.6 is 0 Å². The molecule has 0 aromatic carbocycles. The lowest BCUT2D eigenvalue weighted by atomic mass is 10.1. The van der Waals surface area contributed by atoms with Crippen molar-refractivity contribution in [3.63, 3.8) is 0 Å². The standard InChI is InChI=1S/C12H24N4/c1-5-7-12(13-8-6-2)9-16-11(4)14-10(3)15-16/h12-13H,5-9H2,1-4H3. The second-order valence-corrected chi connectivity index (χ2v) is 4.33. The number of nitrogens with zero attached hydrogens (tertiary/aromatic N) is 3. The van der Waals surface area contributed by atoms with E-state index in [1.54, 1.807) is 0 Å². The Balaban J connectivity index is 2.56. The van der Waals surface area contributed by atoms with Gasteiger partial charge >= 0.3 is 0 Å². The van der Waals surface area contributed by atoms with Crippen molar-refractivity contribution in [2.24, 2.45) is 0 Å². The Bertz CT molecular complexity index is 306. The number of nitrogens with one attached hydrogen (secondary N) is 1. The zero-order chi connectivity index (χ0) is 12.0. The molecule has 0 aliphatic carbocycles. The average Bonchev–Trinajstić information content (AvgIpc) is 2.54. The molecule has 16 heavy (non-hydrogen) atoms. The normalized spacial score (nSPS) is 13.0. The van der Waals surface area contributed by atoms with Gasteiger partial charge in [0.25, 0.3) is 0 Å². The molecule has 0 amide bonds. The molecular formula is C12H24N4. The van der Waals surface area contributed by atoms with E-state index in [0.29, 0.717) is 6.04 Å². The summed E-state index contributed by atoms with van der Waals surface area (Å²) in [6, 6.07) is 0.518. The first-order valence-electron chi connectivity index (χ1n) is 6.28. The molecular weight excluding hydrogens is 200 g/mol. The van der Waals surface area contributed by atoms with Crippen LogP contribution in [0.15, 0.2) is 0 Å². The van der Waals surface area contributed by atoms with Crippen molar-refractivity contribution in [1.29, 1.82) is 0 Å². The largest absolute Gasteiger partial charge is 0.312 e. The fourth-order valence-corrected chi connectivity index (χ4v) is 1.90. The van der Waals surface area contributed by atoms with Crippen LogP contribution in [0.3, 0.4) is 0 Å². The van der Waals surface area contributed by atoms with Gasteiger partial charge in [0, 0.05) is 6.04 Å². The second-order valence-electron chi connectivity index (χ2n) is 4.33. The minimum atomic E-state index is 0.518. The van der Waals surface area contributed by atoms with Crippen molar-refractivity contribution >= 4 is 0 Å². The first kappa shape index (κ1) is 13.2. The van der Waals surface area contributed by atoms with Crippen LogP contribution in [0.2, 0.25) is 0 Å². The highest BCUT2D eigenvalue weighted by atomic mass is 15.3. The summed E-state index contributed by atoms with van der Waals surface area (Å²) in [7, 11) is 0. The SMILES string of the molecule is CCCNC(CCC)Cn1nc(C)nc1C. The highest BCUT2D eigenvalue weighted by Gasteiger charge is 2.10. The number of aryl methyl sites for hydroxylation is 2. The first-order valence-corrected chi connectivity index (χ1v) is 6.28. The van der Waals surface area contributed by atoms with E-state index in [9.17, 15) is 0 Å². The molecule has 0 fully saturated rings. The molecule has 92 valence electrons. The molecule has 1 heterocycles. The Morgan fingerprint density at radius 1 is 1.25 bits per heavy atom. The lowest BCUT2D eigenvalue weighted by Gasteiger charge is -2.18. The molecule has 0 aliphatic rings. The van der Waals surface area contributed by atoms with Crippen LogP contribution in [0.5, 0.6) is 0 Å². The second kappa shape index (κ2) is 6.63. The number of rotatable bonds is 7. The summed E-state index contributed by atoms with van der Waals surface area (Å²) in [6.07, 6.45) is 3.57. The molecule has 1 aromatic heterocycles. The van der Waals surface area contributed by atoms with Crippen LogP contribution in [0.25, 0.3) is 0 Å². The van der Waals surface area contributed by atoms with Gasteiger partial charge in [0.05, 0.1) is 6.54 Å². The van der Waals surface area contributed by atoms with Crippen LogP contribution in [0, 0.1) is 13.8 Å². The molecule has 0 bridgehead atoms. The molecule has 1 unspecified atom stereocenters. The van der Waals surface area contributed by atoms with Gasteiger partial charge in [-0.3, -0.25) is 0 Å². The molecule has 0 saturated heterocycles. The Kier molecular flexibility index (Phi) is 5.46. The summed E-state index contributed by atoms with van der Waals surface area (Å²) in [5, 5.41) is 7.97. The van der Waals surface area contributed by atoms with Gasteiger partial charge in [-0.05, 0) is 33.2 Å². The molecule has 0 spiro atoms. The third-order valence-electron chi connectivity index (χ3n) is 2.68. The summed E-state index contributed by atoms with van der Waals surface area (Å²) < 4.78 is 2.01. The van der Waals surface area contributed by atoms with E-state index < -0.39 is 0 Å². The first-order chi connectivity index (χ1) is 7.67. The van der Waals surface area contributed by atoms with E-state index in [0.717, 1.165) is 24.7 Å². The van der Waals surface area contributed by atoms with Crippen molar-refractivity contribution < 1.29 is 0 Å². The van der Waals surface area contributed by atoms with Gasteiger partial charge in [0.15, 0.2) is 0 Å². The monoisotopic (exact) mass is 224 g/mol. The van der Waals surface area contributed by atoms with Crippen molar-refractivity contribution in [3.05, 3.63) is 11.6 Å². The molecule has 1 rings (SSSR count). The van der Waals surface area contributed by atoms with Crippen LogP contribution in [0.1, 0.15) is 44.8 Å². The van der Waals surface area contributed by atoms with Crippen LogP contribution in [-0.4, -0.2) is 27.4 Å². The molecule has 0 aliphatic heterocycles. The third kappa shape index (κ3) is 3.93. The molecule has 4 nitrogen and oxygen atoms in total. The summed E-state index contributed by atoms with van der Waals surface area (Å²) in [5.74, 6) is 1.88. The highest BCUT2D eigenvalue weighted by Crippen LogP contribution is 2.03. The molecule has 1 atom stereocenters. The van der Waals surface area contributed by atoms with Gasteiger partial charge in [-0.15, -0.1) is 0 Å². The average molecular weight is 224 g/mol. The molecule has 4 heteroatoms. The third-order valence-corrected chi connectivity index (χ3v) is 2.68. The molecule has 1 N–H and O–H groups in total. The van der Waals surface area contributed by atoms with Crippen LogP contribution in [0.4, 0.5) is 0 Å². The predicted molar refractivity (Wildman–Crippen MR) is 66.5 cm³/mol. The zero-order valence-corrected chi connectivity index (χ0v) is 11.0. The quantitative estimate of drug-likeness (QED) is 0.771. The summed E-state index contributed by atoms with van der Waals surface area (Å²) in [4.78, 5) is 4.33. The van der Waals surface area contributed by atoms with Crippen molar-refractivity contribution in [2.75, 3.05) is 6.54 Å². The van der Waals surface area contributed by atoms with Crippen molar-refractivity contribution in [3.8, 4) is 0 Å². The summed E-state index contributed by atoms with van der Waals surface area (Å²) in [5.41, 5.74) is 0. The van der Waals surface area contributed by atoms with Gasteiger partial charge in [0.2, 0.25) is 0 Å². The van der Waals surface area contributed by atoms with Crippen molar-refractivity contribution in [2.45, 2.75) is 59.5 Å².